The molecule has 1 unspecified atom stereocenters. The minimum Gasteiger partial charge on any atom is -0.396 e. The molecule has 0 spiro atoms. The van der Waals surface area contributed by atoms with Gasteiger partial charge in [0.15, 0.2) is 0 Å². The third-order valence-corrected chi connectivity index (χ3v) is 2.79. The van der Waals surface area contributed by atoms with E-state index in [0.717, 1.165) is 13.0 Å². The zero-order valence-corrected chi connectivity index (χ0v) is 7.64. The Bertz CT molecular complexity index is 117. The van der Waals surface area contributed by atoms with Gasteiger partial charge in [0.05, 0.1) is 0 Å². The Morgan fingerprint density at radius 3 is 2.36 bits per heavy atom. The van der Waals surface area contributed by atoms with Crippen LogP contribution < -0.4 is 0 Å². The highest BCUT2D eigenvalue weighted by Gasteiger charge is 2.26. The molecule has 2 nitrogen and oxygen atoms in total. The van der Waals surface area contributed by atoms with Crippen LogP contribution in [0.5, 0.6) is 0 Å². The van der Waals surface area contributed by atoms with Gasteiger partial charge in [-0.15, -0.1) is 0 Å². The molecule has 1 N–H and O–H groups in total. The first kappa shape index (κ1) is 9.01. The molecule has 1 saturated heterocycles. The minimum atomic E-state index is 0.139. The van der Waals surface area contributed by atoms with Crippen molar-refractivity contribution in [2.24, 2.45) is 5.41 Å². The average molecular weight is 157 g/mol. The molecule has 66 valence electrons. The molecule has 0 bridgehead atoms. The van der Waals surface area contributed by atoms with Gasteiger partial charge >= 0.3 is 0 Å². The molecule has 11 heavy (non-hydrogen) atoms. The van der Waals surface area contributed by atoms with Crippen LogP contribution in [0.4, 0.5) is 0 Å². The molecule has 0 saturated carbocycles. The van der Waals surface area contributed by atoms with E-state index in [1.807, 2.05) is 0 Å². The molecule has 2 heteroatoms. The minimum absolute atomic E-state index is 0.139. The van der Waals surface area contributed by atoms with E-state index in [2.05, 4.69) is 18.7 Å². The first-order valence-electron chi connectivity index (χ1n) is 4.53. The van der Waals surface area contributed by atoms with Crippen LogP contribution in [-0.4, -0.2) is 36.2 Å². The Morgan fingerprint density at radius 1 is 1.45 bits per heavy atom. The summed E-state index contributed by atoms with van der Waals surface area (Å²) in [4.78, 5) is 2.42. The fourth-order valence-electron chi connectivity index (χ4n) is 1.35. The smallest absolute Gasteiger partial charge is 0.0496 e. The van der Waals surface area contributed by atoms with Crippen molar-refractivity contribution in [2.45, 2.75) is 26.7 Å². The fourth-order valence-corrected chi connectivity index (χ4v) is 1.35. The predicted molar refractivity (Wildman–Crippen MR) is 46.5 cm³/mol. The summed E-state index contributed by atoms with van der Waals surface area (Å²) in [6.07, 6.45) is 2.41. The summed E-state index contributed by atoms with van der Waals surface area (Å²) in [5.74, 6) is 0. The number of likely N-dealkylation sites (tertiary alicyclic amines) is 1. The molecule has 1 aliphatic rings. The summed E-state index contributed by atoms with van der Waals surface area (Å²) < 4.78 is 0. The van der Waals surface area contributed by atoms with Crippen molar-refractivity contribution in [1.29, 1.82) is 0 Å². The van der Waals surface area contributed by atoms with Crippen molar-refractivity contribution >= 4 is 0 Å². The second-order valence-corrected chi connectivity index (χ2v) is 3.95. The van der Waals surface area contributed by atoms with Gasteiger partial charge in [0, 0.05) is 18.6 Å². The van der Waals surface area contributed by atoms with Crippen molar-refractivity contribution in [3.63, 3.8) is 0 Å². The molecule has 0 amide bonds. The Labute approximate surface area is 69.2 Å². The standard InChI is InChI=1S/C9H19NO/c1-3-9(2,8-11)7-10-5-4-6-10/h11H,3-8H2,1-2H3. The number of aliphatic hydroxyl groups excluding tert-OH is 1. The highest BCUT2D eigenvalue weighted by molar-refractivity contribution is 4.80. The van der Waals surface area contributed by atoms with Gasteiger partial charge in [-0.05, 0) is 25.9 Å². The lowest BCUT2D eigenvalue weighted by Gasteiger charge is -2.38. The van der Waals surface area contributed by atoms with E-state index in [4.69, 9.17) is 5.11 Å². The van der Waals surface area contributed by atoms with Gasteiger partial charge in [-0.2, -0.15) is 0 Å². The van der Waals surface area contributed by atoms with Crippen LogP contribution in [0.3, 0.4) is 0 Å². The monoisotopic (exact) mass is 157 g/mol. The molecule has 1 fully saturated rings. The molecular weight excluding hydrogens is 138 g/mol. The molecule has 0 aromatic rings. The summed E-state index contributed by atoms with van der Waals surface area (Å²) in [5, 5.41) is 9.13. The lowest BCUT2D eigenvalue weighted by Crippen LogP contribution is -2.45. The highest BCUT2D eigenvalue weighted by atomic mass is 16.3. The number of rotatable bonds is 4. The maximum absolute atomic E-state index is 9.13. The quantitative estimate of drug-likeness (QED) is 0.660. The maximum atomic E-state index is 9.13. The van der Waals surface area contributed by atoms with Crippen LogP contribution in [0.2, 0.25) is 0 Å². The molecular formula is C9H19NO. The topological polar surface area (TPSA) is 23.5 Å². The number of nitrogens with zero attached hydrogens (tertiary/aromatic N) is 1. The number of hydrogen-bond acceptors (Lipinski definition) is 2. The van der Waals surface area contributed by atoms with Crippen molar-refractivity contribution in [3.05, 3.63) is 0 Å². The molecule has 1 rings (SSSR count). The predicted octanol–water partition coefficient (Wildman–Crippen LogP) is 1.10. The van der Waals surface area contributed by atoms with Crippen molar-refractivity contribution in [2.75, 3.05) is 26.2 Å². The summed E-state index contributed by atoms with van der Waals surface area (Å²) in [5.41, 5.74) is 0.139. The maximum Gasteiger partial charge on any atom is 0.0496 e. The molecule has 1 aliphatic heterocycles. The molecule has 0 aliphatic carbocycles. The van der Waals surface area contributed by atoms with E-state index in [1.165, 1.54) is 19.5 Å². The van der Waals surface area contributed by atoms with Crippen molar-refractivity contribution in [1.82, 2.24) is 4.90 Å². The second-order valence-electron chi connectivity index (χ2n) is 3.95. The normalized spacial score (nSPS) is 24.3. The van der Waals surface area contributed by atoms with Crippen molar-refractivity contribution in [3.8, 4) is 0 Å². The zero-order valence-electron chi connectivity index (χ0n) is 7.64. The Hall–Kier alpha value is -0.0800. The van der Waals surface area contributed by atoms with Crippen LogP contribution in [0, 0.1) is 5.41 Å². The van der Waals surface area contributed by atoms with Crippen LogP contribution in [-0.2, 0) is 0 Å². The fraction of sp³-hybridized carbons (Fsp3) is 1.00. The van der Waals surface area contributed by atoms with Gasteiger partial charge in [-0.25, -0.2) is 0 Å². The SMILES string of the molecule is CCC(C)(CO)CN1CCC1. The largest absolute Gasteiger partial charge is 0.396 e. The van der Waals surface area contributed by atoms with E-state index >= 15 is 0 Å². The van der Waals surface area contributed by atoms with E-state index in [1.54, 1.807) is 0 Å². The van der Waals surface area contributed by atoms with Gasteiger partial charge in [-0.1, -0.05) is 13.8 Å². The Morgan fingerprint density at radius 2 is 2.09 bits per heavy atom. The molecule has 0 aromatic carbocycles. The molecule has 0 aromatic heterocycles. The number of aliphatic hydroxyl groups is 1. The number of hydrogen-bond donors (Lipinski definition) is 1. The van der Waals surface area contributed by atoms with Gasteiger partial charge in [0.2, 0.25) is 0 Å². The summed E-state index contributed by atoms with van der Waals surface area (Å²) >= 11 is 0. The highest BCUT2D eigenvalue weighted by Crippen LogP contribution is 2.23. The lowest BCUT2D eigenvalue weighted by atomic mass is 9.87. The van der Waals surface area contributed by atoms with E-state index in [9.17, 15) is 0 Å². The first-order valence-corrected chi connectivity index (χ1v) is 4.53. The molecule has 0 radical (unpaired) electrons. The van der Waals surface area contributed by atoms with Gasteiger partial charge in [0.1, 0.15) is 0 Å². The Balaban J connectivity index is 2.29. The van der Waals surface area contributed by atoms with Gasteiger partial charge in [-0.3, -0.25) is 0 Å². The van der Waals surface area contributed by atoms with Gasteiger partial charge in [0.25, 0.3) is 0 Å². The van der Waals surface area contributed by atoms with Crippen molar-refractivity contribution < 1.29 is 5.11 Å². The van der Waals surface area contributed by atoms with Crippen LogP contribution in [0.15, 0.2) is 0 Å². The van der Waals surface area contributed by atoms with E-state index < -0.39 is 0 Å². The lowest BCUT2D eigenvalue weighted by molar-refractivity contribution is 0.0562. The van der Waals surface area contributed by atoms with Crippen LogP contribution >= 0.6 is 0 Å². The third kappa shape index (κ3) is 2.17. The summed E-state index contributed by atoms with van der Waals surface area (Å²) in [6, 6.07) is 0. The van der Waals surface area contributed by atoms with Crippen LogP contribution in [0.25, 0.3) is 0 Å². The first-order chi connectivity index (χ1) is 5.20. The summed E-state index contributed by atoms with van der Waals surface area (Å²) in [6.45, 7) is 8.16. The van der Waals surface area contributed by atoms with Gasteiger partial charge < -0.3 is 10.0 Å². The summed E-state index contributed by atoms with van der Waals surface area (Å²) in [7, 11) is 0. The second kappa shape index (κ2) is 3.55. The third-order valence-electron chi connectivity index (χ3n) is 2.79. The average Bonchev–Trinajstić information content (AvgIpc) is 1.97. The van der Waals surface area contributed by atoms with E-state index in [0.29, 0.717) is 6.61 Å². The molecule has 1 heterocycles. The van der Waals surface area contributed by atoms with E-state index in [-0.39, 0.29) is 5.41 Å². The molecule has 1 atom stereocenters. The Kier molecular flexibility index (Phi) is 2.90. The van der Waals surface area contributed by atoms with Crippen LogP contribution in [0.1, 0.15) is 26.7 Å². The zero-order chi connectivity index (χ0) is 8.32.